The summed E-state index contributed by atoms with van der Waals surface area (Å²) in [6.07, 6.45) is 0.120. The van der Waals surface area contributed by atoms with Crippen LogP contribution in [0.15, 0.2) is 50.1 Å². The standard InChI is InChI=1S/C20H16N6O9/c21-17-11(22-29)5-9(6-12(17)23-30)19(27)34-15-3-1-2-4-16(15)35-20(28)10-7-13(24-31)18(26-33)14(8-10)25-32/h5-8,15-16H,1-4,21H2/t15-,16+/m0/s1. The lowest BCUT2D eigenvalue weighted by molar-refractivity contribution is -0.0514. The van der Waals surface area contributed by atoms with Crippen LogP contribution < -0.4 is 5.73 Å². The summed E-state index contributed by atoms with van der Waals surface area (Å²) < 4.78 is 10.9. The molecule has 3 rings (SSSR count). The molecule has 0 radical (unpaired) electrons. The maximum Gasteiger partial charge on any atom is 0.338 e. The van der Waals surface area contributed by atoms with Gasteiger partial charge in [0, 0.05) is 0 Å². The number of nitroso groups, excluding NO2 is 5. The summed E-state index contributed by atoms with van der Waals surface area (Å²) >= 11 is 0. The van der Waals surface area contributed by atoms with Gasteiger partial charge in [-0.2, -0.15) is 0 Å². The lowest BCUT2D eigenvalue weighted by atomic mass is 9.94. The number of esters is 2. The van der Waals surface area contributed by atoms with Gasteiger partial charge >= 0.3 is 11.9 Å². The molecular weight excluding hydrogens is 468 g/mol. The Balaban J connectivity index is 1.82. The molecule has 0 unspecified atom stereocenters. The summed E-state index contributed by atoms with van der Waals surface area (Å²) in [4.78, 5) is 80.1. The van der Waals surface area contributed by atoms with Crippen LogP contribution in [0.25, 0.3) is 0 Å². The summed E-state index contributed by atoms with van der Waals surface area (Å²) in [5.41, 5.74) is 2.29. The molecule has 0 heterocycles. The Hall–Kier alpha value is -4.82. The molecule has 180 valence electrons. The Kier molecular flexibility index (Phi) is 7.70. The van der Waals surface area contributed by atoms with Crippen molar-refractivity contribution in [3.8, 4) is 0 Å². The minimum absolute atomic E-state index is 0.209. The van der Waals surface area contributed by atoms with Crippen molar-refractivity contribution < 1.29 is 19.1 Å². The number of carbonyl (C=O) groups is 2. The van der Waals surface area contributed by atoms with Crippen LogP contribution in [-0.4, -0.2) is 24.1 Å². The second kappa shape index (κ2) is 10.9. The van der Waals surface area contributed by atoms with E-state index < -0.39 is 41.2 Å². The quantitative estimate of drug-likeness (QED) is 0.264. The number of anilines is 1. The normalized spacial score (nSPS) is 17.0. The monoisotopic (exact) mass is 484 g/mol. The fraction of sp³-hybridized carbons (Fsp3) is 0.300. The minimum Gasteiger partial charge on any atom is -0.455 e. The molecule has 2 aromatic rings. The van der Waals surface area contributed by atoms with Gasteiger partial charge in [0.2, 0.25) is 0 Å². The van der Waals surface area contributed by atoms with E-state index in [-0.39, 0.29) is 28.2 Å². The van der Waals surface area contributed by atoms with E-state index in [2.05, 4.69) is 25.9 Å². The number of nitrogens with two attached hydrogens (primary N) is 1. The predicted octanol–water partition coefficient (Wildman–Crippen LogP) is 5.58. The second-order valence-corrected chi connectivity index (χ2v) is 7.42. The number of hydrogen-bond acceptors (Lipinski definition) is 15. The van der Waals surface area contributed by atoms with Crippen LogP contribution in [0.1, 0.15) is 46.4 Å². The number of nitrogens with zero attached hydrogens (tertiary/aromatic N) is 5. The smallest absolute Gasteiger partial charge is 0.338 e. The molecule has 0 bridgehead atoms. The molecule has 0 saturated heterocycles. The highest BCUT2D eigenvalue weighted by molar-refractivity contribution is 5.95. The summed E-state index contributed by atoms with van der Waals surface area (Å²) in [5, 5.41) is 13.0. The van der Waals surface area contributed by atoms with Crippen LogP contribution in [0.4, 0.5) is 34.1 Å². The van der Waals surface area contributed by atoms with Gasteiger partial charge in [-0.3, -0.25) is 0 Å². The lowest BCUT2D eigenvalue weighted by Gasteiger charge is -2.30. The molecule has 0 aliphatic heterocycles. The number of rotatable bonds is 9. The second-order valence-electron chi connectivity index (χ2n) is 7.42. The first-order valence-corrected chi connectivity index (χ1v) is 10.1. The third kappa shape index (κ3) is 5.23. The van der Waals surface area contributed by atoms with Crippen LogP contribution in [0.3, 0.4) is 0 Å². The van der Waals surface area contributed by atoms with E-state index in [0.717, 1.165) is 24.3 Å². The number of benzene rings is 2. The molecule has 2 aromatic carbocycles. The van der Waals surface area contributed by atoms with Crippen molar-refractivity contribution in [1.82, 2.24) is 0 Å². The first kappa shape index (κ1) is 24.8. The number of carbonyl (C=O) groups excluding carboxylic acids is 2. The molecule has 0 aromatic heterocycles. The molecule has 2 atom stereocenters. The molecule has 1 aliphatic rings. The van der Waals surface area contributed by atoms with Crippen molar-refractivity contribution in [2.24, 2.45) is 25.9 Å². The Morgan fingerprint density at radius 1 is 0.657 bits per heavy atom. The van der Waals surface area contributed by atoms with Gasteiger partial charge in [-0.15, -0.1) is 24.5 Å². The Morgan fingerprint density at radius 3 is 1.37 bits per heavy atom. The van der Waals surface area contributed by atoms with Crippen molar-refractivity contribution in [3.05, 3.63) is 59.9 Å². The van der Waals surface area contributed by atoms with Gasteiger partial charge in [-0.25, -0.2) is 9.59 Å². The van der Waals surface area contributed by atoms with E-state index in [0.29, 0.717) is 25.7 Å². The zero-order valence-corrected chi connectivity index (χ0v) is 17.8. The molecule has 1 aliphatic carbocycles. The average molecular weight is 484 g/mol. The fourth-order valence-electron chi connectivity index (χ4n) is 3.59. The van der Waals surface area contributed by atoms with Crippen LogP contribution >= 0.6 is 0 Å². The van der Waals surface area contributed by atoms with Crippen molar-refractivity contribution in [1.29, 1.82) is 0 Å². The van der Waals surface area contributed by atoms with Crippen LogP contribution in [-0.2, 0) is 9.47 Å². The van der Waals surface area contributed by atoms with Gasteiger partial charge in [-0.1, -0.05) is 0 Å². The highest BCUT2D eigenvalue weighted by atomic mass is 16.6. The Labute approximate surface area is 195 Å². The maximum atomic E-state index is 12.7. The van der Waals surface area contributed by atoms with Gasteiger partial charge in [0.25, 0.3) is 0 Å². The molecular formula is C20H16N6O9. The molecule has 0 spiro atoms. The minimum atomic E-state index is -0.988. The molecule has 15 nitrogen and oxygen atoms in total. The van der Waals surface area contributed by atoms with E-state index >= 15 is 0 Å². The topological polar surface area (TPSA) is 226 Å². The average Bonchev–Trinajstić information content (AvgIpc) is 2.88. The summed E-state index contributed by atoms with van der Waals surface area (Å²) in [6.45, 7) is 0. The van der Waals surface area contributed by atoms with Gasteiger partial charge in [0.05, 0.1) is 16.8 Å². The third-order valence-electron chi connectivity index (χ3n) is 5.32. The number of hydrogen-bond donors (Lipinski definition) is 1. The molecule has 2 N–H and O–H groups in total. The number of ether oxygens (including phenoxy) is 2. The largest absolute Gasteiger partial charge is 0.455 e. The highest BCUT2D eigenvalue weighted by Gasteiger charge is 2.33. The zero-order valence-electron chi connectivity index (χ0n) is 17.8. The highest BCUT2D eigenvalue weighted by Crippen LogP contribution is 2.39. The van der Waals surface area contributed by atoms with Crippen molar-refractivity contribution >= 4 is 46.1 Å². The van der Waals surface area contributed by atoms with Crippen LogP contribution in [0.2, 0.25) is 0 Å². The molecule has 1 fully saturated rings. The Bertz CT molecular complexity index is 1170. The summed E-state index contributed by atoms with van der Waals surface area (Å²) in [7, 11) is 0. The first-order valence-electron chi connectivity index (χ1n) is 10.1. The zero-order chi connectivity index (χ0) is 25.5. The maximum absolute atomic E-state index is 12.7. The van der Waals surface area contributed by atoms with Gasteiger partial charge in [0.15, 0.2) is 5.69 Å². The van der Waals surface area contributed by atoms with Crippen LogP contribution in [0.5, 0.6) is 0 Å². The van der Waals surface area contributed by atoms with E-state index in [4.69, 9.17) is 15.2 Å². The van der Waals surface area contributed by atoms with Crippen LogP contribution in [0, 0.1) is 24.5 Å². The molecule has 35 heavy (non-hydrogen) atoms. The first-order chi connectivity index (χ1) is 16.9. The summed E-state index contributed by atoms with van der Waals surface area (Å²) in [5.74, 6) is -1.92. The number of nitrogen functional groups attached to an aromatic ring is 1. The fourth-order valence-corrected chi connectivity index (χ4v) is 3.59. The van der Waals surface area contributed by atoms with E-state index in [1.165, 1.54) is 0 Å². The molecule has 1 saturated carbocycles. The predicted molar refractivity (Wildman–Crippen MR) is 121 cm³/mol. The van der Waals surface area contributed by atoms with E-state index in [9.17, 15) is 34.1 Å². The Morgan fingerprint density at radius 2 is 1.03 bits per heavy atom. The third-order valence-corrected chi connectivity index (χ3v) is 5.32. The van der Waals surface area contributed by atoms with Gasteiger partial charge in [-0.05, 0) is 75.8 Å². The van der Waals surface area contributed by atoms with Crippen molar-refractivity contribution in [2.75, 3.05) is 5.73 Å². The van der Waals surface area contributed by atoms with Gasteiger partial charge < -0.3 is 15.2 Å². The SMILES string of the molecule is Nc1c(N=O)cc(C(=O)O[C@H]2CCCC[C@H]2OC(=O)c2cc(N=O)c(N=O)c(N=O)c2)cc1N=O. The van der Waals surface area contributed by atoms with Crippen molar-refractivity contribution in [3.63, 3.8) is 0 Å². The van der Waals surface area contributed by atoms with E-state index in [1.807, 2.05) is 0 Å². The molecule has 15 heteroatoms. The van der Waals surface area contributed by atoms with Crippen molar-refractivity contribution in [2.45, 2.75) is 37.9 Å². The summed E-state index contributed by atoms with van der Waals surface area (Å²) in [6, 6.07) is 3.91. The molecule has 0 amide bonds. The van der Waals surface area contributed by atoms with E-state index in [1.54, 1.807) is 0 Å². The van der Waals surface area contributed by atoms with Gasteiger partial charge in [0.1, 0.15) is 35.0 Å². The lowest BCUT2D eigenvalue weighted by Crippen LogP contribution is -2.37.